The summed E-state index contributed by atoms with van der Waals surface area (Å²) in [7, 11) is -3.18. The van der Waals surface area contributed by atoms with Gasteiger partial charge < -0.3 is 14.7 Å². The monoisotopic (exact) mass is 579 g/mol. The molecule has 12 heteroatoms. The molecule has 1 aliphatic heterocycles. The van der Waals surface area contributed by atoms with E-state index in [9.17, 15) is 21.6 Å². The van der Waals surface area contributed by atoms with Gasteiger partial charge in [-0.2, -0.15) is 13.2 Å². The number of aromatic nitrogens is 2. The quantitative estimate of drug-likeness (QED) is 0.376. The van der Waals surface area contributed by atoms with Gasteiger partial charge in [0.25, 0.3) is 0 Å². The fraction of sp³-hybridized carbons (Fsp3) is 0.393. The Kier molecular flexibility index (Phi) is 10.5. The van der Waals surface area contributed by atoms with Gasteiger partial charge in [-0.25, -0.2) is 23.2 Å². The number of carboxylic acid groups (broad SMARTS) is 1. The molecule has 0 bridgehead atoms. The van der Waals surface area contributed by atoms with E-state index in [4.69, 9.17) is 14.6 Å². The average Bonchev–Trinajstić information content (AvgIpc) is 2.93. The highest BCUT2D eigenvalue weighted by atomic mass is 32.2. The Hall–Kier alpha value is -3.67. The van der Waals surface area contributed by atoms with Crippen LogP contribution in [0.2, 0.25) is 0 Å². The molecule has 0 atom stereocenters. The zero-order chi connectivity index (χ0) is 29.3. The zero-order valence-corrected chi connectivity index (χ0v) is 23.1. The molecule has 0 amide bonds. The summed E-state index contributed by atoms with van der Waals surface area (Å²) < 4.78 is 61.0. The van der Waals surface area contributed by atoms with Crippen molar-refractivity contribution >= 4 is 21.8 Å². The van der Waals surface area contributed by atoms with Crippen LogP contribution in [0.1, 0.15) is 31.7 Å². The molecular formula is C28H32F3N3O5S. The van der Waals surface area contributed by atoms with Crippen molar-refractivity contribution in [2.45, 2.75) is 43.7 Å². The fourth-order valence-corrected chi connectivity index (χ4v) is 4.71. The van der Waals surface area contributed by atoms with Crippen molar-refractivity contribution in [3.05, 3.63) is 66.5 Å². The van der Waals surface area contributed by atoms with Crippen molar-refractivity contribution in [1.82, 2.24) is 9.97 Å². The number of aliphatic carboxylic acids is 1. The maximum absolute atomic E-state index is 11.6. The van der Waals surface area contributed by atoms with Gasteiger partial charge >= 0.3 is 12.1 Å². The van der Waals surface area contributed by atoms with Crippen molar-refractivity contribution in [1.29, 1.82) is 0 Å². The van der Waals surface area contributed by atoms with Gasteiger partial charge in [0.05, 0.1) is 11.5 Å². The molecule has 0 spiro atoms. The van der Waals surface area contributed by atoms with Crippen LogP contribution in [0, 0.1) is 5.92 Å². The molecular weight excluding hydrogens is 547 g/mol. The third kappa shape index (κ3) is 9.22. The van der Waals surface area contributed by atoms with E-state index in [1.807, 2.05) is 48.8 Å². The minimum absolute atomic E-state index is 0.331. The first-order chi connectivity index (χ1) is 18.9. The smallest absolute Gasteiger partial charge is 0.490 e. The van der Waals surface area contributed by atoms with Gasteiger partial charge in [-0.1, -0.05) is 37.6 Å². The van der Waals surface area contributed by atoms with E-state index in [1.54, 1.807) is 12.1 Å². The number of benzene rings is 2. The van der Waals surface area contributed by atoms with Gasteiger partial charge in [0, 0.05) is 31.7 Å². The van der Waals surface area contributed by atoms with Crippen LogP contribution >= 0.6 is 0 Å². The normalized spacial score (nSPS) is 14.3. The summed E-state index contributed by atoms with van der Waals surface area (Å²) in [6.07, 6.45) is 4.28. The standard InChI is InChI=1S/C26H31N3O3S.C2HF3O2/c1-3-4-21-17-27-26(28-18-21)29-15-13-20(14-16-29)19-32-24-9-5-22(6-10-24)23-7-11-25(12-8-23)33(2,30)31;3-2(4,5)1(6)7/h5-12,17-18,20H,3-4,13-16,19H2,1-2H3;(H,6,7). The molecule has 1 aromatic heterocycles. The van der Waals surface area contributed by atoms with E-state index in [-0.39, 0.29) is 0 Å². The minimum Gasteiger partial charge on any atom is -0.493 e. The van der Waals surface area contributed by atoms with E-state index in [0.29, 0.717) is 17.4 Å². The molecule has 4 rings (SSSR count). The maximum atomic E-state index is 11.6. The number of aryl methyl sites for hydroxylation is 1. The van der Waals surface area contributed by atoms with Crippen LogP contribution in [0.25, 0.3) is 11.1 Å². The highest BCUT2D eigenvalue weighted by molar-refractivity contribution is 7.90. The number of anilines is 1. The SMILES string of the molecule is CCCc1cnc(N2CCC(COc3ccc(-c4ccc(S(C)(=O)=O)cc4)cc3)CC2)nc1.O=C(O)C(F)(F)F. The maximum Gasteiger partial charge on any atom is 0.490 e. The molecule has 0 saturated carbocycles. The first-order valence-corrected chi connectivity index (χ1v) is 14.6. The summed E-state index contributed by atoms with van der Waals surface area (Å²) in [5.74, 6) is -0.561. The lowest BCUT2D eigenvalue weighted by Gasteiger charge is -2.31. The Balaban J connectivity index is 0.000000559. The highest BCUT2D eigenvalue weighted by Gasteiger charge is 2.38. The molecule has 0 unspecified atom stereocenters. The summed E-state index contributed by atoms with van der Waals surface area (Å²) >= 11 is 0. The number of sulfone groups is 1. The third-order valence-electron chi connectivity index (χ3n) is 6.33. The number of nitrogens with zero attached hydrogens (tertiary/aromatic N) is 3. The summed E-state index contributed by atoms with van der Waals surface area (Å²) in [4.78, 5) is 20.6. The molecule has 1 N–H and O–H groups in total. The van der Waals surface area contributed by atoms with Gasteiger partial charge in [-0.3, -0.25) is 0 Å². The molecule has 1 fully saturated rings. The largest absolute Gasteiger partial charge is 0.493 e. The summed E-state index contributed by atoms with van der Waals surface area (Å²) in [6, 6.07) is 14.9. The van der Waals surface area contributed by atoms with E-state index < -0.39 is 22.0 Å². The molecule has 2 heterocycles. The molecule has 2 aromatic carbocycles. The van der Waals surface area contributed by atoms with Crippen LogP contribution < -0.4 is 9.64 Å². The number of carboxylic acids is 1. The first-order valence-electron chi connectivity index (χ1n) is 12.8. The first kappa shape index (κ1) is 30.9. The Bertz CT molecular complexity index is 1340. The Morgan fingerprint density at radius 1 is 1.00 bits per heavy atom. The van der Waals surface area contributed by atoms with Crippen LogP contribution in [0.3, 0.4) is 0 Å². The lowest BCUT2D eigenvalue weighted by molar-refractivity contribution is -0.192. The Labute approximate surface area is 231 Å². The van der Waals surface area contributed by atoms with Crippen LogP contribution in [0.5, 0.6) is 5.75 Å². The van der Waals surface area contributed by atoms with Gasteiger partial charge in [-0.15, -0.1) is 0 Å². The van der Waals surface area contributed by atoms with Crippen molar-refractivity contribution in [3.63, 3.8) is 0 Å². The zero-order valence-electron chi connectivity index (χ0n) is 22.3. The molecule has 1 saturated heterocycles. The van der Waals surface area contributed by atoms with Gasteiger partial charge in [0.1, 0.15) is 5.75 Å². The van der Waals surface area contributed by atoms with Crippen molar-refractivity contribution in [2.75, 3.05) is 30.9 Å². The summed E-state index contributed by atoms with van der Waals surface area (Å²) in [5.41, 5.74) is 3.20. The number of hydrogen-bond acceptors (Lipinski definition) is 7. The van der Waals surface area contributed by atoms with Crippen LogP contribution in [0.4, 0.5) is 19.1 Å². The predicted octanol–water partition coefficient (Wildman–Crippen LogP) is 5.43. The lowest BCUT2D eigenvalue weighted by Crippen LogP contribution is -2.36. The topological polar surface area (TPSA) is 110 Å². The number of alkyl halides is 3. The third-order valence-corrected chi connectivity index (χ3v) is 7.45. The molecule has 40 heavy (non-hydrogen) atoms. The summed E-state index contributed by atoms with van der Waals surface area (Å²) in [5, 5.41) is 7.12. The highest BCUT2D eigenvalue weighted by Crippen LogP contribution is 2.26. The average molecular weight is 580 g/mol. The molecule has 3 aromatic rings. The second-order valence-electron chi connectivity index (χ2n) is 9.51. The molecule has 216 valence electrons. The number of ether oxygens (including phenoxy) is 1. The second-order valence-corrected chi connectivity index (χ2v) is 11.5. The van der Waals surface area contributed by atoms with Gasteiger partial charge in [-0.05, 0) is 66.1 Å². The van der Waals surface area contributed by atoms with E-state index in [1.165, 1.54) is 11.8 Å². The summed E-state index contributed by atoms with van der Waals surface area (Å²) in [6.45, 7) is 4.76. The van der Waals surface area contributed by atoms with Crippen LogP contribution in [0.15, 0.2) is 65.8 Å². The molecule has 1 aliphatic rings. The Morgan fingerprint density at radius 2 is 1.50 bits per heavy atom. The van der Waals surface area contributed by atoms with Gasteiger partial charge in [0.15, 0.2) is 9.84 Å². The van der Waals surface area contributed by atoms with E-state index in [2.05, 4.69) is 21.8 Å². The minimum atomic E-state index is -5.08. The number of carbonyl (C=O) groups is 1. The molecule has 0 radical (unpaired) electrons. The molecule has 0 aliphatic carbocycles. The number of rotatable bonds is 8. The van der Waals surface area contributed by atoms with Crippen LogP contribution in [-0.4, -0.2) is 61.6 Å². The van der Waals surface area contributed by atoms with Crippen molar-refractivity contribution < 1.29 is 36.2 Å². The predicted molar refractivity (Wildman–Crippen MR) is 145 cm³/mol. The van der Waals surface area contributed by atoms with Gasteiger partial charge in [0.2, 0.25) is 5.95 Å². The Morgan fingerprint density at radius 3 is 1.95 bits per heavy atom. The van der Waals surface area contributed by atoms with Crippen LogP contribution in [-0.2, 0) is 21.1 Å². The number of piperidine rings is 1. The number of hydrogen-bond donors (Lipinski definition) is 1. The van der Waals surface area contributed by atoms with Crippen molar-refractivity contribution in [2.24, 2.45) is 5.92 Å². The second kappa shape index (κ2) is 13.6. The fourth-order valence-electron chi connectivity index (χ4n) is 4.08. The van der Waals surface area contributed by atoms with E-state index >= 15 is 0 Å². The lowest BCUT2D eigenvalue weighted by atomic mass is 9.98. The van der Waals surface area contributed by atoms with Crippen molar-refractivity contribution in [3.8, 4) is 16.9 Å². The molecule has 8 nitrogen and oxygen atoms in total. The van der Waals surface area contributed by atoms with E-state index in [0.717, 1.165) is 61.6 Å². The number of halogens is 3.